The quantitative estimate of drug-likeness (QED) is 0.0847. The smallest absolute Gasteiger partial charge is 0.392 e. The molecule has 0 aliphatic carbocycles. The van der Waals surface area contributed by atoms with E-state index in [9.17, 15) is 33.1 Å². The molecule has 0 saturated carbocycles. The first-order valence-corrected chi connectivity index (χ1v) is 17.2. The van der Waals surface area contributed by atoms with E-state index in [-0.39, 0.29) is 0 Å². The van der Waals surface area contributed by atoms with E-state index in [1.165, 1.54) is 83.1 Å². The molecule has 0 radical (unpaired) electrons. The molecule has 0 aromatic heterocycles. The van der Waals surface area contributed by atoms with Gasteiger partial charge in [0.25, 0.3) is 0 Å². The number of hydrogen-bond acceptors (Lipinski definition) is 16. The third kappa shape index (κ3) is 13.0. The van der Waals surface area contributed by atoms with Crippen LogP contribution in [0.25, 0.3) is 0 Å². The number of esters is 5. The summed E-state index contributed by atoms with van der Waals surface area (Å²) in [5.74, 6) is -4.46. The summed E-state index contributed by atoms with van der Waals surface area (Å²) in [5, 5.41) is -3.09. The molecule has 0 N–H and O–H groups in total. The fourth-order valence-electron chi connectivity index (χ4n) is 2.55. The van der Waals surface area contributed by atoms with Crippen molar-refractivity contribution in [2.45, 2.75) is 102 Å². The summed E-state index contributed by atoms with van der Waals surface area (Å²) < 4.78 is 75.7. The molecule has 0 spiro atoms. The molecule has 0 aliphatic rings. The van der Waals surface area contributed by atoms with E-state index in [1.54, 1.807) is 0 Å². The van der Waals surface area contributed by atoms with Crippen molar-refractivity contribution in [2.24, 2.45) is 21.7 Å². The number of carbonyl (C=O) groups excluding carboxylic acids is 5. The summed E-state index contributed by atoms with van der Waals surface area (Å²) in [6.45, 7) is 15.5. The average molecular weight is 705 g/mol. The van der Waals surface area contributed by atoms with Crippen LogP contribution >= 0.6 is 15.2 Å². The predicted molar refractivity (Wildman–Crippen MR) is 161 cm³/mol. The molecular formula is C28H50O16P2. The lowest BCUT2D eigenvalue weighted by molar-refractivity contribution is -0.165. The van der Waals surface area contributed by atoms with Crippen molar-refractivity contribution in [3.8, 4) is 0 Å². The topological polar surface area (TPSA) is 203 Å². The Labute approximate surface area is 270 Å². The van der Waals surface area contributed by atoms with Crippen molar-refractivity contribution >= 4 is 45.0 Å². The molecule has 0 heterocycles. The van der Waals surface area contributed by atoms with Crippen LogP contribution in [0.15, 0.2) is 0 Å². The Kier molecular flexibility index (Phi) is 15.3. The highest BCUT2D eigenvalue weighted by Gasteiger charge is 2.67. The summed E-state index contributed by atoms with van der Waals surface area (Å²) >= 11 is 0. The fraction of sp³-hybridized carbons (Fsp3) is 0.821. The van der Waals surface area contributed by atoms with Crippen LogP contribution in [-0.2, 0) is 74.9 Å². The highest BCUT2D eigenvalue weighted by atomic mass is 31.2. The van der Waals surface area contributed by atoms with Crippen molar-refractivity contribution in [3.63, 3.8) is 0 Å². The molecule has 18 heteroatoms. The molecule has 0 aromatic rings. The van der Waals surface area contributed by atoms with E-state index >= 15 is 0 Å². The fourth-order valence-corrected chi connectivity index (χ4v) is 6.80. The van der Waals surface area contributed by atoms with Crippen molar-refractivity contribution < 1.29 is 74.9 Å². The zero-order valence-corrected chi connectivity index (χ0v) is 31.0. The van der Waals surface area contributed by atoms with Gasteiger partial charge in [0, 0.05) is 6.92 Å². The zero-order chi connectivity index (χ0) is 36.6. The standard InChI is InChI=1S/C28H50O16P2/c1-19(29)44-28(14,45(34,40-15-36-20(30)24(2,3)4)41-16-37-21(31)25(5,6)7)46(35,42-17-38-22(32)26(8,9)10)43-18-39-23(33)27(11,12)13/h15-18H2,1-14H3. The van der Waals surface area contributed by atoms with Crippen LogP contribution in [0.5, 0.6) is 0 Å². The van der Waals surface area contributed by atoms with Gasteiger partial charge < -0.3 is 23.7 Å². The van der Waals surface area contributed by atoms with Gasteiger partial charge in [-0.1, -0.05) is 0 Å². The Hall–Kier alpha value is -2.35. The van der Waals surface area contributed by atoms with E-state index in [1.807, 2.05) is 0 Å². The number of carbonyl (C=O) groups is 5. The SMILES string of the molecule is CC(=O)OC(C)(P(=O)(OCOC(=O)C(C)(C)C)OCOC(=O)C(C)(C)C)P(=O)(OCOC(=O)C(C)(C)C)OCOC(=O)C(C)(C)C. The van der Waals surface area contributed by atoms with E-state index < -0.39 is 99.0 Å². The summed E-state index contributed by atoms with van der Waals surface area (Å²) in [6.07, 6.45) is 0. The highest BCUT2D eigenvalue weighted by Crippen LogP contribution is 2.78. The Morgan fingerprint density at radius 2 is 0.630 bits per heavy atom. The first kappa shape index (κ1) is 43.6. The van der Waals surface area contributed by atoms with Gasteiger partial charge in [0.05, 0.1) is 21.7 Å². The molecule has 0 atom stereocenters. The average Bonchev–Trinajstić information content (AvgIpc) is 2.85. The maximum atomic E-state index is 14.5. The van der Waals surface area contributed by atoms with E-state index in [2.05, 4.69) is 0 Å². The third-order valence-electron chi connectivity index (χ3n) is 5.45. The Balaban J connectivity index is 6.93. The molecule has 268 valence electrons. The molecule has 0 saturated heterocycles. The lowest BCUT2D eigenvalue weighted by Gasteiger charge is -2.38. The molecule has 16 nitrogen and oxygen atoms in total. The van der Waals surface area contributed by atoms with Crippen LogP contribution in [0.1, 0.15) is 96.9 Å². The van der Waals surface area contributed by atoms with Gasteiger partial charge in [-0.2, -0.15) is 0 Å². The second-order valence-electron chi connectivity index (χ2n) is 14.2. The Bertz CT molecular complexity index is 1040. The first-order chi connectivity index (χ1) is 20.4. The number of rotatable bonds is 15. The van der Waals surface area contributed by atoms with Crippen molar-refractivity contribution in [1.29, 1.82) is 0 Å². The summed E-state index contributed by atoms with van der Waals surface area (Å²) in [7, 11) is -10.6. The van der Waals surface area contributed by atoms with E-state index in [4.69, 9.17) is 41.8 Å². The molecular weight excluding hydrogens is 654 g/mol. The molecule has 0 fully saturated rings. The summed E-state index contributed by atoms with van der Waals surface area (Å²) in [6, 6.07) is 0. The van der Waals surface area contributed by atoms with E-state index in [0.29, 0.717) is 0 Å². The van der Waals surface area contributed by atoms with Crippen LogP contribution in [-0.4, -0.2) is 62.1 Å². The summed E-state index contributed by atoms with van der Waals surface area (Å²) in [5.41, 5.74) is -4.15. The van der Waals surface area contributed by atoms with Crippen LogP contribution in [0, 0.1) is 21.7 Å². The molecule has 0 bridgehead atoms. The molecule has 0 aromatic carbocycles. The Morgan fingerprint density at radius 3 is 0.783 bits per heavy atom. The lowest BCUT2D eigenvalue weighted by atomic mass is 9.98. The van der Waals surface area contributed by atoms with Crippen LogP contribution in [0.4, 0.5) is 0 Å². The predicted octanol–water partition coefficient (Wildman–Crippen LogP) is 5.86. The van der Waals surface area contributed by atoms with Crippen LogP contribution in [0.3, 0.4) is 0 Å². The third-order valence-corrected chi connectivity index (χ3v) is 10.9. The van der Waals surface area contributed by atoms with E-state index in [0.717, 1.165) is 13.8 Å². The van der Waals surface area contributed by atoms with Crippen LogP contribution < -0.4 is 0 Å². The molecule has 0 unspecified atom stereocenters. The monoisotopic (exact) mass is 704 g/mol. The maximum absolute atomic E-state index is 14.5. The van der Waals surface area contributed by atoms with Gasteiger partial charge in [-0.25, -0.2) is 0 Å². The minimum absolute atomic E-state index is 0.782. The minimum Gasteiger partial charge on any atom is -0.438 e. The minimum atomic E-state index is -5.32. The number of hydrogen-bond donors (Lipinski definition) is 0. The first-order valence-electron chi connectivity index (χ1n) is 14.1. The highest BCUT2D eigenvalue weighted by molar-refractivity contribution is 7.73. The number of ether oxygens (including phenoxy) is 5. The molecule has 0 amide bonds. The normalized spacial score (nSPS) is 13.4. The lowest BCUT2D eigenvalue weighted by Crippen LogP contribution is -2.37. The second-order valence-corrected chi connectivity index (χ2v) is 19.3. The van der Waals surface area contributed by atoms with Gasteiger partial charge >= 0.3 is 50.1 Å². The van der Waals surface area contributed by atoms with Gasteiger partial charge in [-0.3, -0.25) is 51.2 Å². The van der Waals surface area contributed by atoms with Gasteiger partial charge in [-0.15, -0.1) is 0 Å². The van der Waals surface area contributed by atoms with Crippen LogP contribution in [0.2, 0.25) is 0 Å². The largest absolute Gasteiger partial charge is 0.438 e. The molecule has 0 aliphatic heterocycles. The Morgan fingerprint density at radius 1 is 0.435 bits per heavy atom. The molecule has 46 heavy (non-hydrogen) atoms. The maximum Gasteiger partial charge on any atom is 0.392 e. The van der Waals surface area contributed by atoms with Crippen molar-refractivity contribution in [2.75, 3.05) is 27.2 Å². The van der Waals surface area contributed by atoms with Crippen molar-refractivity contribution in [1.82, 2.24) is 0 Å². The zero-order valence-electron chi connectivity index (χ0n) is 29.3. The van der Waals surface area contributed by atoms with Gasteiger partial charge in [0.2, 0.25) is 27.2 Å². The van der Waals surface area contributed by atoms with Gasteiger partial charge in [-0.05, 0) is 90.0 Å². The molecule has 0 rings (SSSR count). The second kappa shape index (κ2) is 16.2. The van der Waals surface area contributed by atoms with Gasteiger partial charge in [0.15, 0.2) is 0 Å². The van der Waals surface area contributed by atoms with Crippen molar-refractivity contribution in [3.05, 3.63) is 0 Å². The summed E-state index contributed by atoms with van der Waals surface area (Å²) in [4.78, 5) is 61.9. The van der Waals surface area contributed by atoms with Gasteiger partial charge in [0.1, 0.15) is 0 Å².